The molecule has 0 saturated carbocycles. The van der Waals surface area contributed by atoms with Gasteiger partial charge in [-0.25, -0.2) is 15.0 Å². The summed E-state index contributed by atoms with van der Waals surface area (Å²) >= 11 is 0. The van der Waals surface area contributed by atoms with Crippen molar-refractivity contribution in [3.63, 3.8) is 0 Å². The maximum Gasteiger partial charge on any atom is 0.417 e. The van der Waals surface area contributed by atoms with Gasteiger partial charge in [-0.05, 0) is 51.0 Å². The van der Waals surface area contributed by atoms with E-state index in [1.54, 1.807) is 24.0 Å². The predicted molar refractivity (Wildman–Crippen MR) is 110 cm³/mol. The molecule has 166 valence electrons. The molecular formula is C21H20F3N7O. The standard InChI is InChI=1S/C21H20F3N7O/c1-13-5-7-17(31-26-9-10-27-31)19(28-13)20(32)30-11-3-4-16(14(30)2)29-18-8-6-15(12-25-18)21(22,23)24/h5-10,12,14H,3-4,11H2,1-2H3/t14-/m0/s1. The minimum absolute atomic E-state index is 0.171. The van der Waals surface area contributed by atoms with Crippen molar-refractivity contribution in [1.82, 2.24) is 29.9 Å². The summed E-state index contributed by atoms with van der Waals surface area (Å²) in [6.07, 6.45) is 0.607. The fourth-order valence-corrected chi connectivity index (χ4v) is 3.55. The van der Waals surface area contributed by atoms with E-state index in [1.807, 2.05) is 6.92 Å². The summed E-state index contributed by atoms with van der Waals surface area (Å²) in [6.45, 7) is 4.13. The largest absolute Gasteiger partial charge is 0.417 e. The van der Waals surface area contributed by atoms with E-state index in [9.17, 15) is 18.0 Å². The summed E-state index contributed by atoms with van der Waals surface area (Å²) in [5.74, 6) is -0.120. The van der Waals surface area contributed by atoms with E-state index in [0.29, 0.717) is 36.5 Å². The first-order valence-corrected chi connectivity index (χ1v) is 10.00. The highest BCUT2D eigenvalue weighted by Gasteiger charge is 2.32. The second-order valence-electron chi connectivity index (χ2n) is 7.42. The molecule has 1 saturated heterocycles. The fraction of sp³-hybridized carbons (Fsp3) is 0.333. The van der Waals surface area contributed by atoms with Crippen molar-refractivity contribution in [1.29, 1.82) is 0 Å². The minimum atomic E-state index is -4.46. The highest BCUT2D eigenvalue weighted by molar-refractivity contribution is 6.01. The van der Waals surface area contributed by atoms with Crippen LogP contribution in [0, 0.1) is 6.92 Å². The molecule has 0 unspecified atom stereocenters. The van der Waals surface area contributed by atoms with Gasteiger partial charge in [-0.15, -0.1) is 4.80 Å². The van der Waals surface area contributed by atoms with E-state index < -0.39 is 11.7 Å². The molecule has 0 N–H and O–H groups in total. The average Bonchev–Trinajstić information content (AvgIpc) is 3.29. The molecule has 1 amide bonds. The number of carbonyl (C=O) groups is 1. The van der Waals surface area contributed by atoms with Crippen molar-refractivity contribution >= 4 is 17.4 Å². The first-order chi connectivity index (χ1) is 15.2. The molecule has 32 heavy (non-hydrogen) atoms. The van der Waals surface area contributed by atoms with Crippen molar-refractivity contribution in [3.8, 4) is 5.69 Å². The molecule has 4 rings (SSSR count). The van der Waals surface area contributed by atoms with Crippen LogP contribution in [-0.2, 0) is 6.18 Å². The Hall–Kier alpha value is -3.63. The van der Waals surface area contributed by atoms with Gasteiger partial charge in [0.1, 0.15) is 5.69 Å². The van der Waals surface area contributed by atoms with Gasteiger partial charge < -0.3 is 4.90 Å². The summed E-state index contributed by atoms with van der Waals surface area (Å²) in [7, 11) is 0. The second-order valence-corrected chi connectivity index (χ2v) is 7.42. The van der Waals surface area contributed by atoms with E-state index in [-0.39, 0.29) is 23.5 Å². The van der Waals surface area contributed by atoms with Gasteiger partial charge in [0.25, 0.3) is 5.91 Å². The highest BCUT2D eigenvalue weighted by atomic mass is 19.4. The lowest BCUT2D eigenvalue weighted by molar-refractivity contribution is -0.137. The number of hydrogen-bond donors (Lipinski definition) is 0. The number of halogens is 3. The number of piperidine rings is 1. The first kappa shape index (κ1) is 21.6. The number of hydrogen-bond acceptors (Lipinski definition) is 6. The molecule has 8 nitrogen and oxygen atoms in total. The lowest BCUT2D eigenvalue weighted by Crippen LogP contribution is -2.47. The molecule has 1 atom stereocenters. The van der Waals surface area contributed by atoms with Gasteiger partial charge >= 0.3 is 6.18 Å². The number of aryl methyl sites for hydroxylation is 1. The zero-order chi connectivity index (χ0) is 22.9. The number of carbonyl (C=O) groups excluding carboxylic acids is 1. The Bertz CT molecular complexity index is 1140. The summed E-state index contributed by atoms with van der Waals surface area (Å²) < 4.78 is 38.3. The van der Waals surface area contributed by atoms with Gasteiger partial charge in [0.2, 0.25) is 0 Å². The molecule has 0 bridgehead atoms. The van der Waals surface area contributed by atoms with Crippen LogP contribution in [-0.4, -0.2) is 54.1 Å². The number of likely N-dealkylation sites (tertiary alicyclic amines) is 1. The second kappa shape index (κ2) is 8.48. The Balaban J connectivity index is 1.61. The summed E-state index contributed by atoms with van der Waals surface area (Å²) in [5.41, 5.74) is 1.20. The quantitative estimate of drug-likeness (QED) is 0.615. The van der Waals surface area contributed by atoms with Crippen LogP contribution in [0.25, 0.3) is 5.69 Å². The van der Waals surface area contributed by atoms with Crippen molar-refractivity contribution in [2.24, 2.45) is 4.99 Å². The fourth-order valence-electron chi connectivity index (χ4n) is 3.55. The third kappa shape index (κ3) is 4.36. The van der Waals surface area contributed by atoms with Crippen LogP contribution in [0.2, 0.25) is 0 Å². The average molecular weight is 443 g/mol. The molecular weight excluding hydrogens is 423 g/mol. The van der Waals surface area contributed by atoms with Crippen molar-refractivity contribution in [2.45, 2.75) is 38.9 Å². The van der Waals surface area contributed by atoms with E-state index in [4.69, 9.17) is 0 Å². The molecule has 11 heteroatoms. The van der Waals surface area contributed by atoms with E-state index in [2.05, 4.69) is 25.2 Å². The minimum Gasteiger partial charge on any atom is -0.329 e. The summed E-state index contributed by atoms with van der Waals surface area (Å²) in [4.78, 5) is 29.1. The predicted octanol–water partition coefficient (Wildman–Crippen LogP) is 3.78. The number of aliphatic imine (C=N–C) groups is 1. The number of alkyl halides is 3. The molecule has 1 fully saturated rings. The maximum atomic E-state index is 13.4. The van der Waals surface area contributed by atoms with Crippen molar-refractivity contribution < 1.29 is 18.0 Å². The zero-order valence-corrected chi connectivity index (χ0v) is 17.4. The molecule has 0 aliphatic carbocycles. The number of aromatic nitrogens is 5. The smallest absolute Gasteiger partial charge is 0.329 e. The lowest BCUT2D eigenvalue weighted by Gasteiger charge is -2.34. The van der Waals surface area contributed by atoms with Crippen LogP contribution in [0.3, 0.4) is 0 Å². The molecule has 4 heterocycles. The van der Waals surface area contributed by atoms with Crippen LogP contribution in [0.5, 0.6) is 0 Å². The Kier molecular flexibility index (Phi) is 5.72. The van der Waals surface area contributed by atoms with Crippen LogP contribution < -0.4 is 0 Å². The monoisotopic (exact) mass is 443 g/mol. The van der Waals surface area contributed by atoms with Crippen molar-refractivity contribution in [2.75, 3.05) is 6.54 Å². The van der Waals surface area contributed by atoms with Crippen molar-refractivity contribution in [3.05, 3.63) is 59.8 Å². The number of pyridine rings is 2. The van der Waals surface area contributed by atoms with Crippen LogP contribution >= 0.6 is 0 Å². The topological polar surface area (TPSA) is 89.2 Å². The Labute approximate surface area is 181 Å². The normalized spacial score (nSPS) is 18.2. The number of nitrogens with zero attached hydrogens (tertiary/aromatic N) is 7. The van der Waals surface area contributed by atoms with E-state index in [0.717, 1.165) is 12.3 Å². The van der Waals surface area contributed by atoms with Gasteiger partial charge in [0.15, 0.2) is 11.5 Å². The molecule has 0 aromatic carbocycles. The SMILES string of the molecule is Cc1ccc(-n2nccn2)c(C(=O)N2CCCC(=Nc3ccc(C(F)(F)F)cn3)[C@@H]2C)n1. The Morgan fingerprint density at radius 2 is 1.91 bits per heavy atom. The third-order valence-corrected chi connectivity index (χ3v) is 5.23. The maximum absolute atomic E-state index is 13.4. The third-order valence-electron chi connectivity index (χ3n) is 5.23. The lowest BCUT2D eigenvalue weighted by atomic mass is 10.00. The van der Waals surface area contributed by atoms with Gasteiger partial charge in [0, 0.05) is 24.1 Å². The molecule has 3 aromatic heterocycles. The zero-order valence-electron chi connectivity index (χ0n) is 17.4. The summed E-state index contributed by atoms with van der Waals surface area (Å²) in [6, 6.07) is 5.32. The van der Waals surface area contributed by atoms with Crippen LogP contribution in [0.15, 0.2) is 47.8 Å². The van der Waals surface area contributed by atoms with Gasteiger partial charge in [-0.3, -0.25) is 4.79 Å². The molecule has 0 spiro atoms. The van der Waals surface area contributed by atoms with E-state index in [1.165, 1.54) is 23.3 Å². The molecule has 1 aliphatic rings. The summed E-state index contributed by atoms with van der Waals surface area (Å²) in [5, 5.41) is 8.20. The molecule has 0 radical (unpaired) electrons. The van der Waals surface area contributed by atoms with Gasteiger partial charge in [0.05, 0.1) is 24.0 Å². The Morgan fingerprint density at radius 3 is 2.56 bits per heavy atom. The van der Waals surface area contributed by atoms with Gasteiger partial charge in [-0.2, -0.15) is 23.4 Å². The first-order valence-electron chi connectivity index (χ1n) is 10.00. The number of amides is 1. The highest BCUT2D eigenvalue weighted by Crippen LogP contribution is 2.29. The molecule has 3 aromatic rings. The number of rotatable bonds is 3. The van der Waals surface area contributed by atoms with Crippen LogP contribution in [0.4, 0.5) is 19.0 Å². The molecule has 1 aliphatic heterocycles. The van der Waals surface area contributed by atoms with E-state index >= 15 is 0 Å². The Morgan fingerprint density at radius 1 is 1.16 bits per heavy atom. The van der Waals surface area contributed by atoms with Gasteiger partial charge in [-0.1, -0.05) is 0 Å². The van der Waals surface area contributed by atoms with Crippen LogP contribution in [0.1, 0.15) is 41.5 Å².